The second kappa shape index (κ2) is 10.6. The normalized spacial score (nSPS) is 11.2. The molecule has 2 aromatic heterocycles. The van der Waals surface area contributed by atoms with Crippen LogP contribution in [0.5, 0.6) is 0 Å². The van der Waals surface area contributed by atoms with Gasteiger partial charge in [0.2, 0.25) is 0 Å². The fourth-order valence-electron chi connectivity index (χ4n) is 6.24. The summed E-state index contributed by atoms with van der Waals surface area (Å²) in [5, 5.41) is 11.7. The Labute approximate surface area is 256 Å². The molecule has 0 N–H and O–H groups in total. The zero-order chi connectivity index (χ0) is 29.5. The van der Waals surface area contributed by atoms with Crippen molar-refractivity contribution in [3.05, 3.63) is 169 Å². The van der Waals surface area contributed by atoms with Crippen LogP contribution in [0.3, 0.4) is 0 Å². The lowest BCUT2D eigenvalue weighted by Crippen LogP contribution is -1.97. The van der Waals surface area contributed by atoms with Crippen molar-refractivity contribution < 1.29 is 0 Å². The number of rotatable bonds is 5. The van der Waals surface area contributed by atoms with E-state index in [0.717, 1.165) is 39.1 Å². The van der Waals surface area contributed by atoms with E-state index in [-0.39, 0.29) is 0 Å². The molecule has 0 radical (unpaired) electrons. The average molecular weight is 562 g/mol. The highest BCUT2D eigenvalue weighted by atomic mass is 15.0. The van der Waals surface area contributed by atoms with E-state index < -0.39 is 0 Å². The van der Waals surface area contributed by atoms with E-state index in [4.69, 9.17) is 0 Å². The monoisotopic (exact) mass is 561 g/mol. The number of hydrogen-bond acceptors (Lipinski definition) is 1. The van der Waals surface area contributed by atoms with E-state index in [0.29, 0.717) is 5.56 Å². The Balaban J connectivity index is 1.30. The van der Waals surface area contributed by atoms with E-state index in [9.17, 15) is 5.26 Å². The van der Waals surface area contributed by atoms with Gasteiger partial charge in [0.1, 0.15) is 0 Å². The maximum absolute atomic E-state index is 9.34. The average Bonchev–Trinajstić information content (AvgIpc) is 3.68. The Hall–Kier alpha value is -6.11. The van der Waals surface area contributed by atoms with Crippen LogP contribution in [0.15, 0.2) is 164 Å². The molecule has 44 heavy (non-hydrogen) atoms. The highest BCUT2D eigenvalue weighted by Crippen LogP contribution is 2.37. The Morgan fingerprint density at radius 3 is 1.52 bits per heavy atom. The number of para-hydroxylation sites is 2. The third-order valence-corrected chi connectivity index (χ3v) is 8.35. The first-order chi connectivity index (χ1) is 21.8. The number of aromatic nitrogens is 2. The molecule has 0 amide bonds. The zero-order valence-corrected chi connectivity index (χ0v) is 23.9. The fourth-order valence-corrected chi connectivity index (χ4v) is 6.24. The molecule has 0 saturated carbocycles. The molecule has 8 rings (SSSR count). The van der Waals surface area contributed by atoms with Crippen molar-refractivity contribution in [2.45, 2.75) is 0 Å². The van der Waals surface area contributed by atoms with Gasteiger partial charge in [-0.15, -0.1) is 0 Å². The van der Waals surface area contributed by atoms with Crippen LogP contribution in [-0.2, 0) is 0 Å². The maximum Gasteiger partial charge on any atom is 0.0991 e. The van der Waals surface area contributed by atoms with Gasteiger partial charge < -0.3 is 9.13 Å². The Bertz CT molecular complexity index is 2300. The summed E-state index contributed by atoms with van der Waals surface area (Å²) >= 11 is 0. The van der Waals surface area contributed by atoms with Gasteiger partial charge in [-0.05, 0) is 89.0 Å². The Morgan fingerprint density at radius 1 is 0.386 bits per heavy atom. The van der Waals surface area contributed by atoms with Gasteiger partial charge in [-0.25, -0.2) is 0 Å². The molecule has 0 unspecified atom stereocenters. The standard InChI is InChI=1S/C41H27N3/c42-28-29-16-18-31(19-17-29)40-27-35-24-32(22-23-38(35)43(40)36-12-6-2-7-13-36)33-20-21-34-26-39(30-10-4-1-5-11-30)44(41(34)25-33)37-14-8-3-9-15-37/h1-27H. The van der Waals surface area contributed by atoms with E-state index >= 15 is 0 Å². The van der Waals surface area contributed by atoms with Gasteiger partial charge in [0, 0.05) is 22.1 Å². The largest absolute Gasteiger partial charge is 0.309 e. The van der Waals surface area contributed by atoms with Gasteiger partial charge >= 0.3 is 0 Å². The van der Waals surface area contributed by atoms with Crippen molar-refractivity contribution in [2.24, 2.45) is 0 Å². The molecule has 0 bridgehead atoms. The second-order valence-electron chi connectivity index (χ2n) is 11.0. The quantitative estimate of drug-likeness (QED) is 0.206. The molecular formula is C41H27N3. The van der Waals surface area contributed by atoms with Gasteiger partial charge in [0.05, 0.1) is 34.1 Å². The Morgan fingerprint density at radius 2 is 0.886 bits per heavy atom. The molecule has 0 aliphatic rings. The fraction of sp³-hybridized carbons (Fsp3) is 0. The summed E-state index contributed by atoms with van der Waals surface area (Å²) in [6.45, 7) is 0. The number of benzene rings is 6. The highest BCUT2D eigenvalue weighted by molar-refractivity contribution is 5.95. The lowest BCUT2D eigenvalue weighted by molar-refractivity contribution is 1.13. The minimum absolute atomic E-state index is 0.657. The molecular weight excluding hydrogens is 534 g/mol. The molecule has 206 valence electrons. The van der Waals surface area contributed by atoms with Gasteiger partial charge in [-0.1, -0.05) is 97.1 Å². The van der Waals surface area contributed by atoms with Gasteiger partial charge in [-0.2, -0.15) is 5.26 Å². The summed E-state index contributed by atoms with van der Waals surface area (Å²) in [5.41, 5.74) is 12.1. The smallest absolute Gasteiger partial charge is 0.0991 e. The molecule has 0 atom stereocenters. The number of nitriles is 1. The summed E-state index contributed by atoms with van der Waals surface area (Å²) in [4.78, 5) is 0. The first kappa shape index (κ1) is 25.6. The van der Waals surface area contributed by atoms with Crippen molar-refractivity contribution in [1.29, 1.82) is 5.26 Å². The van der Waals surface area contributed by atoms with Crippen LogP contribution in [0.1, 0.15) is 5.56 Å². The molecule has 0 aliphatic carbocycles. The van der Waals surface area contributed by atoms with Crippen LogP contribution in [0.25, 0.3) is 66.8 Å². The third-order valence-electron chi connectivity index (χ3n) is 8.35. The first-order valence-corrected chi connectivity index (χ1v) is 14.7. The van der Waals surface area contributed by atoms with Crippen molar-refractivity contribution in [1.82, 2.24) is 9.13 Å². The minimum atomic E-state index is 0.657. The number of nitrogens with zero attached hydrogens (tertiary/aromatic N) is 3. The maximum atomic E-state index is 9.34. The summed E-state index contributed by atoms with van der Waals surface area (Å²) in [6.07, 6.45) is 0. The van der Waals surface area contributed by atoms with Crippen LogP contribution in [0, 0.1) is 11.3 Å². The topological polar surface area (TPSA) is 33.6 Å². The lowest BCUT2D eigenvalue weighted by Gasteiger charge is -2.13. The van der Waals surface area contributed by atoms with Crippen LogP contribution in [0.4, 0.5) is 0 Å². The predicted molar refractivity (Wildman–Crippen MR) is 181 cm³/mol. The Kier molecular flexibility index (Phi) is 6.18. The molecule has 6 aromatic carbocycles. The summed E-state index contributed by atoms with van der Waals surface area (Å²) < 4.78 is 4.66. The second-order valence-corrected chi connectivity index (χ2v) is 11.0. The zero-order valence-electron chi connectivity index (χ0n) is 23.9. The summed E-state index contributed by atoms with van der Waals surface area (Å²) in [7, 11) is 0. The van der Waals surface area contributed by atoms with Crippen molar-refractivity contribution >= 4 is 21.8 Å². The van der Waals surface area contributed by atoms with Crippen LogP contribution < -0.4 is 0 Å². The van der Waals surface area contributed by atoms with E-state index in [1.54, 1.807) is 0 Å². The predicted octanol–water partition coefficient (Wildman–Crippen LogP) is 10.4. The molecule has 0 fully saturated rings. The first-order valence-electron chi connectivity index (χ1n) is 14.7. The van der Waals surface area contributed by atoms with E-state index in [1.807, 2.05) is 30.3 Å². The highest BCUT2D eigenvalue weighted by Gasteiger charge is 2.16. The molecule has 3 heteroatoms. The summed E-state index contributed by atoms with van der Waals surface area (Å²) in [6, 6.07) is 59.7. The third kappa shape index (κ3) is 4.38. The molecule has 3 nitrogen and oxygen atoms in total. The minimum Gasteiger partial charge on any atom is -0.309 e. The number of fused-ring (bicyclic) bond motifs is 2. The van der Waals surface area contributed by atoms with Gasteiger partial charge in [0.15, 0.2) is 0 Å². The molecule has 2 heterocycles. The van der Waals surface area contributed by atoms with Gasteiger partial charge in [-0.3, -0.25) is 0 Å². The molecule has 8 aromatic rings. The SMILES string of the molecule is N#Cc1ccc(-c2cc3cc(-c4ccc5cc(-c6ccccc6)n(-c6ccccc6)c5c4)ccc3n2-c2ccccc2)cc1. The van der Waals surface area contributed by atoms with Crippen molar-refractivity contribution in [2.75, 3.05) is 0 Å². The van der Waals surface area contributed by atoms with Gasteiger partial charge in [0.25, 0.3) is 0 Å². The van der Waals surface area contributed by atoms with Crippen molar-refractivity contribution in [3.63, 3.8) is 0 Å². The number of hydrogen-bond donors (Lipinski definition) is 0. The lowest BCUT2D eigenvalue weighted by atomic mass is 10.0. The van der Waals surface area contributed by atoms with E-state index in [1.165, 1.54) is 27.7 Å². The summed E-state index contributed by atoms with van der Waals surface area (Å²) in [5.74, 6) is 0. The molecule has 0 saturated heterocycles. The van der Waals surface area contributed by atoms with E-state index in [2.05, 4.69) is 149 Å². The van der Waals surface area contributed by atoms with Crippen LogP contribution >= 0.6 is 0 Å². The molecule has 0 spiro atoms. The molecule has 0 aliphatic heterocycles. The van der Waals surface area contributed by atoms with Crippen LogP contribution in [0.2, 0.25) is 0 Å². The van der Waals surface area contributed by atoms with Crippen molar-refractivity contribution in [3.8, 4) is 51.1 Å². The van der Waals surface area contributed by atoms with Crippen LogP contribution in [-0.4, -0.2) is 9.13 Å².